The molecule has 0 radical (unpaired) electrons. The van der Waals surface area contributed by atoms with Crippen molar-refractivity contribution >= 4 is 17.3 Å². The summed E-state index contributed by atoms with van der Waals surface area (Å²) in [6.45, 7) is 0. The van der Waals surface area contributed by atoms with Crippen molar-refractivity contribution in [2.75, 3.05) is 7.11 Å². The molecule has 1 aliphatic rings. The van der Waals surface area contributed by atoms with Crippen LogP contribution in [0.5, 0.6) is 0 Å². The van der Waals surface area contributed by atoms with Gasteiger partial charge in [-0.15, -0.1) is 0 Å². The van der Waals surface area contributed by atoms with E-state index >= 15 is 0 Å². The largest absolute Gasteiger partial charge is 0.508 e. The molecule has 1 aliphatic carbocycles. The minimum atomic E-state index is -0.616. The lowest BCUT2D eigenvalue weighted by molar-refractivity contribution is -0.0523. The molecule has 4 nitrogen and oxygen atoms in total. The molecule has 2 aromatic heterocycles. The predicted molar refractivity (Wildman–Crippen MR) is 65.7 cm³/mol. The fourth-order valence-corrected chi connectivity index (χ4v) is 2.90. The molecule has 2 heterocycles. The first-order valence-electron chi connectivity index (χ1n) is 6.33. The highest BCUT2D eigenvalue weighted by Crippen LogP contribution is 2.44. The van der Waals surface area contributed by atoms with Gasteiger partial charge < -0.3 is 13.9 Å². The molecule has 3 rings (SSSR count). The van der Waals surface area contributed by atoms with Crippen LogP contribution in [0.3, 0.4) is 0 Å². The van der Waals surface area contributed by atoms with Crippen LogP contribution in [0.4, 0.5) is 4.79 Å². The summed E-state index contributed by atoms with van der Waals surface area (Å²) in [5.74, 6) is 0. The van der Waals surface area contributed by atoms with Gasteiger partial charge in [0, 0.05) is 5.56 Å². The van der Waals surface area contributed by atoms with Gasteiger partial charge in [0.05, 0.1) is 7.11 Å². The molecular formula is C14H16O4. The fraction of sp³-hybridized carbons (Fsp3) is 0.500. The third-order valence-corrected chi connectivity index (χ3v) is 3.78. The summed E-state index contributed by atoms with van der Waals surface area (Å²) in [4.78, 5) is 11.5. The van der Waals surface area contributed by atoms with E-state index < -0.39 is 11.8 Å². The Morgan fingerprint density at radius 3 is 2.61 bits per heavy atom. The Morgan fingerprint density at radius 2 is 2.06 bits per heavy atom. The lowest BCUT2D eigenvalue weighted by Crippen LogP contribution is -2.34. The molecule has 4 heteroatoms. The van der Waals surface area contributed by atoms with Crippen molar-refractivity contribution in [3.8, 4) is 0 Å². The van der Waals surface area contributed by atoms with Crippen molar-refractivity contribution in [2.24, 2.45) is 0 Å². The average molecular weight is 248 g/mol. The summed E-state index contributed by atoms with van der Waals surface area (Å²) in [6, 6.07) is 5.83. The van der Waals surface area contributed by atoms with Crippen molar-refractivity contribution in [1.29, 1.82) is 0 Å². The Labute approximate surface area is 105 Å². The van der Waals surface area contributed by atoms with E-state index in [0.717, 1.165) is 42.4 Å². The zero-order valence-electron chi connectivity index (χ0n) is 10.4. The van der Waals surface area contributed by atoms with E-state index in [1.807, 2.05) is 18.2 Å². The van der Waals surface area contributed by atoms with Crippen LogP contribution in [0.1, 0.15) is 37.7 Å². The second-order valence-electron chi connectivity index (χ2n) is 4.87. The van der Waals surface area contributed by atoms with Crippen molar-refractivity contribution in [1.82, 2.24) is 0 Å². The molecule has 18 heavy (non-hydrogen) atoms. The number of hydrogen-bond donors (Lipinski definition) is 0. The summed E-state index contributed by atoms with van der Waals surface area (Å²) in [5, 5.41) is 0. The maximum absolute atomic E-state index is 11.5. The highest BCUT2D eigenvalue weighted by Gasteiger charge is 2.41. The van der Waals surface area contributed by atoms with Crippen molar-refractivity contribution < 1.29 is 18.7 Å². The van der Waals surface area contributed by atoms with E-state index in [-0.39, 0.29) is 0 Å². The highest BCUT2D eigenvalue weighted by molar-refractivity contribution is 5.69. The van der Waals surface area contributed by atoms with Crippen LogP contribution >= 0.6 is 0 Å². The number of benzene rings is 1. The maximum Gasteiger partial charge on any atom is 0.508 e. The molecule has 0 spiro atoms. The monoisotopic (exact) mass is 248 g/mol. The number of fused-ring (bicyclic) bond motifs is 2. The van der Waals surface area contributed by atoms with Crippen LogP contribution < -0.4 is 0 Å². The predicted octanol–water partition coefficient (Wildman–Crippen LogP) is 3.81. The van der Waals surface area contributed by atoms with Gasteiger partial charge in [0.2, 0.25) is 0 Å². The fourth-order valence-electron chi connectivity index (χ4n) is 2.90. The van der Waals surface area contributed by atoms with Gasteiger partial charge in [-0.1, -0.05) is 6.42 Å². The first kappa shape index (κ1) is 11.4. The molecule has 2 aromatic rings. The van der Waals surface area contributed by atoms with E-state index in [4.69, 9.17) is 9.15 Å². The maximum atomic E-state index is 11.5. The van der Waals surface area contributed by atoms with Crippen LogP contribution in [0.15, 0.2) is 22.6 Å². The minimum Gasteiger partial charge on any atom is -0.457 e. The Bertz CT molecular complexity index is 536. The second-order valence-corrected chi connectivity index (χ2v) is 4.87. The van der Waals surface area contributed by atoms with Gasteiger partial charge in [0.15, 0.2) is 0 Å². The topological polar surface area (TPSA) is 48.7 Å². The van der Waals surface area contributed by atoms with Gasteiger partial charge in [0.1, 0.15) is 16.8 Å². The lowest BCUT2D eigenvalue weighted by atomic mass is 9.79. The minimum absolute atomic E-state index is 0.562. The van der Waals surface area contributed by atoms with Gasteiger partial charge in [-0.25, -0.2) is 4.79 Å². The Hall–Kier alpha value is -1.71. The summed E-state index contributed by atoms with van der Waals surface area (Å²) >= 11 is 0. The van der Waals surface area contributed by atoms with Crippen molar-refractivity contribution in [2.45, 2.75) is 37.7 Å². The Balaban J connectivity index is 1.98. The lowest BCUT2D eigenvalue weighted by Gasteiger charge is -2.35. The normalized spacial score (nSPS) is 18.9. The summed E-state index contributed by atoms with van der Waals surface area (Å²) in [5.41, 5.74) is 2.08. The molecule has 2 bridgehead atoms. The quantitative estimate of drug-likeness (QED) is 0.758. The second kappa shape index (κ2) is 4.19. The number of ether oxygens (including phenoxy) is 2. The van der Waals surface area contributed by atoms with Crippen molar-refractivity contribution in [3.05, 3.63) is 23.8 Å². The van der Waals surface area contributed by atoms with E-state index in [1.54, 1.807) is 0 Å². The SMILES string of the molecule is COC(=O)OC1(c2cc3ccc2o3)CCCCC1. The van der Waals surface area contributed by atoms with Crippen LogP contribution in [0, 0.1) is 0 Å². The summed E-state index contributed by atoms with van der Waals surface area (Å²) < 4.78 is 15.8. The van der Waals surface area contributed by atoms with E-state index in [0.29, 0.717) is 0 Å². The van der Waals surface area contributed by atoms with Gasteiger partial charge in [-0.2, -0.15) is 0 Å². The van der Waals surface area contributed by atoms with Gasteiger partial charge >= 0.3 is 6.16 Å². The number of carbonyl (C=O) groups is 1. The third kappa shape index (κ3) is 1.72. The molecule has 0 atom stereocenters. The third-order valence-electron chi connectivity index (χ3n) is 3.78. The number of carbonyl (C=O) groups excluding carboxylic acids is 1. The van der Waals surface area contributed by atoms with Crippen LogP contribution in [-0.2, 0) is 15.1 Å². The van der Waals surface area contributed by atoms with Gasteiger partial charge in [-0.05, 0) is 43.9 Å². The number of rotatable bonds is 2. The first-order chi connectivity index (χ1) is 8.73. The number of hydrogen-bond acceptors (Lipinski definition) is 4. The number of methoxy groups -OCH3 is 1. The molecule has 1 fully saturated rings. The van der Waals surface area contributed by atoms with Gasteiger partial charge in [0.25, 0.3) is 0 Å². The smallest absolute Gasteiger partial charge is 0.457 e. The average Bonchev–Trinajstić information content (AvgIpc) is 3.02. The van der Waals surface area contributed by atoms with Gasteiger partial charge in [-0.3, -0.25) is 0 Å². The van der Waals surface area contributed by atoms with E-state index in [9.17, 15) is 4.79 Å². The summed E-state index contributed by atoms with van der Waals surface area (Å²) in [7, 11) is 1.34. The molecule has 96 valence electrons. The zero-order valence-corrected chi connectivity index (χ0v) is 10.4. The molecule has 0 amide bonds. The standard InChI is InChI=1S/C14H16O4/c1-16-13(15)18-14(7-3-2-4-8-14)11-9-10-5-6-12(11)17-10/h5-6,9H,2-4,7-8H2,1H3. The Kier molecular flexibility index (Phi) is 2.65. The van der Waals surface area contributed by atoms with Crippen LogP contribution in [0.25, 0.3) is 11.2 Å². The highest BCUT2D eigenvalue weighted by atomic mass is 16.7. The van der Waals surface area contributed by atoms with E-state index in [1.165, 1.54) is 13.5 Å². The van der Waals surface area contributed by atoms with E-state index in [2.05, 4.69) is 4.74 Å². The molecule has 0 saturated heterocycles. The first-order valence-corrected chi connectivity index (χ1v) is 6.33. The van der Waals surface area contributed by atoms with Crippen molar-refractivity contribution in [3.63, 3.8) is 0 Å². The molecule has 0 aliphatic heterocycles. The number of furan rings is 2. The molecule has 0 unspecified atom stereocenters. The molecule has 1 saturated carbocycles. The van der Waals surface area contributed by atoms with Crippen LogP contribution in [0.2, 0.25) is 0 Å². The zero-order chi connectivity index (χ0) is 12.6. The molecule has 0 N–H and O–H groups in total. The van der Waals surface area contributed by atoms with Crippen LogP contribution in [-0.4, -0.2) is 13.3 Å². The Morgan fingerprint density at radius 1 is 1.28 bits per heavy atom. The molecule has 0 aromatic carbocycles. The summed E-state index contributed by atoms with van der Waals surface area (Å²) in [6.07, 6.45) is 4.35. The molecular weight excluding hydrogens is 232 g/mol.